The molecule has 21 heavy (non-hydrogen) atoms. The predicted octanol–water partition coefficient (Wildman–Crippen LogP) is 1.65. The molecule has 0 amide bonds. The Labute approximate surface area is 130 Å². The highest BCUT2D eigenvalue weighted by molar-refractivity contribution is 5.80. The molecule has 0 saturated carbocycles. The van der Waals surface area contributed by atoms with Crippen molar-refractivity contribution in [2.24, 2.45) is 10.9 Å². The molecular formula is C16H34N4O. The first-order valence-electron chi connectivity index (χ1n) is 8.42. The lowest BCUT2D eigenvalue weighted by Crippen LogP contribution is -2.42. The number of guanidine groups is 1. The zero-order valence-corrected chi connectivity index (χ0v) is 14.6. The lowest BCUT2D eigenvalue weighted by Gasteiger charge is -2.26. The van der Waals surface area contributed by atoms with Crippen LogP contribution in [-0.4, -0.2) is 74.8 Å². The van der Waals surface area contributed by atoms with E-state index in [-0.39, 0.29) is 0 Å². The van der Waals surface area contributed by atoms with Gasteiger partial charge in [0.05, 0.1) is 13.2 Å². The molecule has 1 fully saturated rings. The van der Waals surface area contributed by atoms with Gasteiger partial charge in [0, 0.05) is 38.7 Å². The van der Waals surface area contributed by atoms with E-state index in [4.69, 9.17) is 9.73 Å². The van der Waals surface area contributed by atoms with E-state index in [0.29, 0.717) is 12.0 Å². The average molecular weight is 298 g/mol. The smallest absolute Gasteiger partial charge is 0.193 e. The van der Waals surface area contributed by atoms with E-state index in [1.165, 1.54) is 6.42 Å². The fourth-order valence-electron chi connectivity index (χ4n) is 3.00. The Morgan fingerprint density at radius 3 is 2.67 bits per heavy atom. The van der Waals surface area contributed by atoms with Crippen LogP contribution in [-0.2, 0) is 4.74 Å². The quantitative estimate of drug-likeness (QED) is 0.546. The second kappa shape index (κ2) is 10.0. The van der Waals surface area contributed by atoms with E-state index in [9.17, 15) is 0 Å². The Morgan fingerprint density at radius 1 is 1.38 bits per heavy atom. The maximum absolute atomic E-state index is 5.28. The van der Waals surface area contributed by atoms with Crippen LogP contribution in [0.15, 0.2) is 4.99 Å². The molecule has 5 heteroatoms. The number of hydrogen-bond donors (Lipinski definition) is 1. The molecule has 1 rings (SSSR count). The van der Waals surface area contributed by atoms with Crippen molar-refractivity contribution in [3.05, 3.63) is 0 Å². The van der Waals surface area contributed by atoms with Gasteiger partial charge < -0.3 is 15.0 Å². The van der Waals surface area contributed by atoms with E-state index >= 15 is 0 Å². The Morgan fingerprint density at radius 2 is 2.10 bits per heavy atom. The molecule has 1 saturated heterocycles. The monoisotopic (exact) mass is 298 g/mol. The number of methoxy groups -OCH3 is 1. The Bertz CT molecular complexity index is 305. The number of likely N-dealkylation sites (N-methyl/N-ethyl adjacent to an activating group) is 1. The van der Waals surface area contributed by atoms with Gasteiger partial charge in [0.1, 0.15) is 0 Å². The Balaban J connectivity index is 2.58. The number of hydrogen-bond acceptors (Lipinski definition) is 3. The SMILES string of the molecule is CCNC(=NCC(C)N(CC)CC)N1CCC(COC)C1. The lowest BCUT2D eigenvalue weighted by molar-refractivity contribution is 0.157. The first kappa shape index (κ1) is 18.2. The molecule has 1 heterocycles. The third kappa shape index (κ3) is 5.83. The molecule has 1 N–H and O–H groups in total. The summed E-state index contributed by atoms with van der Waals surface area (Å²) in [7, 11) is 1.79. The summed E-state index contributed by atoms with van der Waals surface area (Å²) in [5, 5.41) is 3.43. The zero-order valence-electron chi connectivity index (χ0n) is 14.6. The first-order valence-corrected chi connectivity index (χ1v) is 8.42. The Hall–Kier alpha value is -0.810. The number of nitrogens with one attached hydrogen (secondary N) is 1. The van der Waals surface area contributed by atoms with Gasteiger partial charge in [0.25, 0.3) is 0 Å². The summed E-state index contributed by atoms with van der Waals surface area (Å²) >= 11 is 0. The molecule has 2 atom stereocenters. The maximum Gasteiger partial charge on any atom is 0.193 e. The standard InChI is InChI=1S/C16H34N4O/c1-6-17-16(18-11-14(4)19(7-2)8-3)20-10-9-15(12-20)13-21-5/h14-15H,6-13H2,1-5H3,(H,17,18). The summed E-state index contributed by atoms with van der Waals surface area (Å²) in [6.45, 7) is 15.8. The van der Waals surface area contributed by atoms with Gasteiger partial charge in [-0.25, -0.2) is 0 Å². The molecule has 5 nitrogen and oxygen atoms in total. The third-order valence-electron chi connectivity index (χ3n) is 4.26. The van der Waals surface area contributed by atoms with Crippen LogP contribution in [0.1, 0.15) is 34.1 Å². The molecule has 0 spiro atoms. The molecule has 0 aliphatic carbocycles. The summed E-state index contributed by atoms with van der Waals surface area (Å²) in [5.41, 5.74) is 0. The van der Waals surface area contributed by atoms with Crippen LogP contribution in [0.25, 0.3) is 0 Å². The summed E-state index contributed by atoms with van der Waals surface area (Å²) < 4.78 is 5.28. The van der Waals surface area contributed by atoms with E-state index in [1.54, 1.807) is 7.11 Å². The van der Waals surface area contributed by atoms with E-state index in [1.807, 2.05) is 0 Å². The third-order valence-corrected chi connectivity index (χ3v) is 4.26. The molecule has 0 bridgehead atoms. The predicted molar refractivity (Wildman–Crippen MR) is 89.9 cm³/mol. The van der Waals surface area contributed by atoms with Crippen molar-refractivity contribution >= 4 is 5.96 Å². The minimum absolute atomic E-state index is 0.492. The highest BCUT2D eigenvalue weighted by Gasteiger charge is 2.24. The van der Waals surface area contributed by atoms with E-state index in [0.717, 1.165) is 51.8 Å². The fraction of sp³-hybridized carbons (Fsp3) is 0.938. The van der Waals surface area contributed by atoms with Crippen LogP contribution < -0.4 is 5.32 Å². The van der Waals surface area contributed by atoms with Crippen LogP contribution in [0.3, 0.4) is 0 Å². The van der Waals surface area contributed by atoms with Crippen LogP contribution in [0.4, 0.5) is 0 Å². The molecule has 1 aliphatic rings. The van der Waals surface area contributed by atoms with Crippen molar-refractivity contribution in [1.82, 2.24) is 15.1 Å². The van der Waals surface area contributed by atoms with Gasteiger partial charge in [-0.2, -0.15) is 0 Å². The van der Waals surface area contributed by atoms with Crippen molar-refractivity contribution in [3.8, 4) is 0 Å². The molecule has 0 radical (unpaired) electrons. The minimum atomic E-state index is 0.492. The molecule has 124 valence electrons. The zero-order chi connectivity index (χ0) is 15.7. The van der Waals surface area contributed by atoms with Crippen molar-refractivity contribution in [2.45, 2.75) is 40.2 Å². The summed E-state index contributed by atoms with van der Waals surface area (Å²) in [4.78, 5) is 9.68. The fourth-order valence-corrected chi connectivity index (χ4v) is 3.00. The Kier molecular flexibility index (Phi) is 8.69. The van der Waals surface area contributed by atoms with Crippen molar-refractivity contribution < 1.29 is 4.74 Å². The molecular weight excluding hydrogens is 264 g/mol. The average Bonchev–Trinajstić information content (AvgIpc) is 2.93. The second-order valence-corrected chi connectivity index (χ2v) is 5.82. The van der Waals surface area contributed by atoms with Gasteiger partial charge >= 0.3 is 0 Å². The number of ether oxygens (including phenoxy) is 1. The molecule has 0 aromatic carbocycles. The van der Waals surface area contributed by atoms with Gasteiger partial charge in [0.2, 0.25) is 0 Å². The number of rotatable bonds is 8. The molecule has 0 aromatic heterocycles. The topological polar surface area (TPSA) is 40.1 Å². The van der Waals surface area contributed by atoms with E-state index in [2.05, 4.69) is 42.8 Å². The van der Waals surface area contributed by atoms with Gasteiger partial charge in [0.15, 0.2) is 5.96 Å². The first-order chi connectivity index (χ1) is 10.2. The molecule has 0 aromatic rings. The van der Waals surface area contributed by atoms with Gasteiger partial charge in [-0.3, -0.25) is 9.89 Å². The second-order valence-electron chi connectivity index (χ2n) is 5.82. The summed E-state index contributed by atoms with van der Waals surface area (Å²) in [6, 6.07) is 0.492. The van der Waals surface area contributed by atoms with Crippen molar-refractivity contribution in [1.29, 1.82) is 0 Å². The van der Waals surface area contributed by atoms with Gasteiger partial charge in [-0.15, -0.1) is 0 Å². The van der Waals surface area contributed by atoms with Crippen LogP contribution in [0.5, 0.6) is 0 Å². The number of nitrogens with zero attached hydrogens (tertiary/aromatic N) is 3. The number of aliphatic imine (C=N–C) groups is 1. The summed E-state index contributed by atoms with van der Waals surface area (Å²) in [5.74, 6) is 1.70. The van der Waals surface area contributed by atoms with Crippen molar-refractivity contribution in [3.63, 3.8) is 0 Å². The lowest BCUT2D eigenvalue weighted by atomic mass is 10.1. The van der Waals surface area contributed by atoms with Gasteiger partial charge in [-0.1, -0.05) is 13.8 Å². The van der Waals surface area contributed by atoms with E-state index < -0.39 is 0 Å². The van der Waals surface area contributed by atoms with Crippen LogP contribution in [0, 0.1) is 5.92 Å². The maximum atomic E-state index is 5.28. The minimum Gasteiger partial charge on any atom is -0.384 e. The van der Waals surface area contributed by atoms with Crippen molar-refractivity contribution in [2.75, 3.05) is 53.0 Å². The molecule has 2 unspecified atom stereocenters. The largest absolute Gasteiger partial charge is 0.384 e. The highest BCUT2D eigenvalue weighted by Crippen LogP contribution is 2.16. The summed E-state index contributed by atoms with van der Waals surface area (Å²) in [6.07, 6.45) is 1.20. The highest BCUT2D eigenvalue weighted by atomic mass is 16.5. The normalized spacial score (nSPS) is 21.1. The number of likely N-dealkylation sites (tertiary alicyclic amines) is 1. The van der Waals surface area contributed by atoms with Crippen LogP contribution >= 0.6 is 0 Å². The van der Waals surface area contributed by atoms with Crippen LogP contribution in [0.2, 0.25) is 0 Å². The van der Waals surface area contributed by atoms with Gasteiger partial charge in [-0.05, 0) is 33.4 Å². The molecule has 1 aliphatic heterocycles.